The monoisotopic (exact) mass is 196 g/mol. The predicted molar refractivity (Wildman–Crippen MR) is 52.4 cm³/mol. The van der Waals surface area contributed by atoms with Gasteiger partial charge in [-0.05, 0) is 13.0 Å². The van der Waals surface area contributed by atoms with Crippen LogP contribution in [-0.4, -0.2) is 17.1 Å². The maximum absolute atomic E-state index is 5.99. The Labute approximate surface area is 80.7 Å². The minimum Gasteiger partial charge on any atom is -0.495 e. The molecule has 0 radical (unpaired) electrons. The van der Waals surface area contributed by atoms with E-state index in [0.29, 0.717) is 10.8 Å². The van der Waals surface area contributed by atoms with Crippen molar-refractivity contribution in [2.75, 3.05) is 7.11 Å². The van der Waals surface area contributed by atoms with Crippen LogP contribution in [0.3, 0.4) is 0 Å². The number of ether oxygens (including phenoxy) is 1. The van der Waals surface area contributed by atoms with Gasteiger partial charge in [0.15, 0.2) is 0 Å². The number of fused-ring (bicyclic) bond motifs is 1. The summed E-state index contributed by atoms with van der Waals surface area (Å²) in [5.74, 6) is 0.696. The normalized spacial score (nSPS) is 10.7. The highest BCUT2D eigenvalue weighted by Crippen LogP contribution is 2.32. The quantitative estimate of drug-likeness (QED) is 0.761. The predicted octanol–water partition coefficient (Wildman–Crippen LogP) is 2.53. The zero-order valence-corrected chi connectivity index (χ0v) is 8.14. The van der Waals surface area contributed by atoms with Gasteiger partial charge >= 0.3 is 0 Å². The third-order valence-electron chi connectivity index (χ3n) is 2.06. The first-order chi connectivity index (χ1) is 6.24. The Morgan fingerprint density at radius 2 is 2.31 bits per heavy atom. The van der Waals surface area contributed by atoms with Crippen molar-refractivity contribution in [3.63, 3.8) is 0 Å². The molecular weight excluding hydrogens is 188 g/mol. The second-order valence-corrected chi connectivity index (χ2v) is 3.22. The molecule has 1 aromatic heterocycles. The molecule has 1 N–H and O–H groups in total. The van der Waals surface area contributed by atoms with Gasteiger partial charge in [0.1, 0.15) is 5.75 Å². The summed E-state index contributed by atoms with van der Waals surface area (Å²) in [5.41, 5.74) is 2.80. The molecule has 1 heterocycles. The highest BCUT2D eigenvalue weighted by molar-refractivity contribution is 6.33. The SMILES string of the molecule is COc1c(Cl)cc2[nH]cnc2c1C. The molecule has 1 aromatic carbocycles. The standard InChI is InChI=1S/C9H9ClN2O/c1-5-8-7(11-4-12-8)3-6(10)9(5)13-2/h3-4H,1-2H3,(H,11,12). The molecule has 2 rings (SSSR count). The lowest BCUT2D eigenvalue weighted by Gasteiger charge is -2.06. The van der Waals surface area contributed by atoms with Gasteiger partial charge in [-0.25, -0.2) is 4.98 Å². The molecule has 3 nitrogen and oxygen atoms in total. The number of aryl methyl sites for hydroxylation is 1. The van der Waals surface area contributed by atoms with E-state index in [2.05, 4.69) is 9.97 Å². The van der Waals surface area contributed by atoms with Crippen LogP contribution in [0.1, 0.15) is 5.56 Å². The lowest BCUT2D eigenvalue weighted by molar-refractivity contribution is 0.412. The molecule has 0 bridgehead atoms. The molecule has 0 amide bonds. The van der Waals surface area contributed by atoms with Crippen LogP contribution in [0.25, 0.3) is 11.0 Å². The third kappa shape index (κ3) is 1.16. The van der Waals surface area contributed by atoms with Crippen LogP contribution in [-0.2, 0) is 0 Å². The van der Waals surface area contributed by atoms with Crippen LogP contribution in [0.4, 0.5) is 0 Å². The average Bonchev–Trinajstić information content (AvgIpc) is 2.53. The molecule has 0 unspecified atom stereocenters. The van der Waals surface area contributed by atoms with Gasteiger partial charge in [-0.2, -0.15) is 0 Å². The molecule has 0 aliphatic carbocycles. The van der Waals surface area contributed by atoms with Gasteiger partial charge in [0, 0.05) is 5.56 Å². The minimum absolute atomic E-state index is 0.608. The van der Waals surface area contributed by atoms with Gasteiger partial charge in [-0.3, -0.25) is 0 Å². The Balaban J connectivity index is 2.85. The highest BCUT2D eigenvalue weighted by atomic mass is 35.5. The van der Waals surface area contributed by atoms with E-state index >= 15 is 0 Å². The molecule has 0 saturated heterocycles. The second kappa shape index (κ2) is 2.92. The fourth-order valence-electron chi connectivity index (χ4n) is 1.44. The van der Waals surface area contributed by atoms with Crippen molar-refractivity contribution < 1.29 is 4.74 Å². The Morgan fingerprint density at radius 3 is 3.00 bits per heavy atom. The molecule has 0 atom stereocenters. The summed E-state index contributed by atoms with van der Waals surface area (Å²) in [7, 11) is 1.60. The fourth-order valence-corrected chi connectivity index (χ4v) is 1.77. The van der Waals surface area contributed by atoms with Crippen molar-refractivity contribution in [3.8, 4) is 5.75 Å². The topological polar surface area (TPSA) is 37.9 Å². The van der Waals surface area contributed by atoms with Crippen molar-refractivity contribution in [1.82, 2.24) is 9.97 Å². The first-order valence-corrected chi connectivity index (χ1v) is 4.28. The van der Waals surface area contributed by atoms with E-state index in [4.69, 9.17) is 16.3 Å². The van der Waals surface area contributed by atoms with Crippen molar-refractivity contribution in [3.05, 3.63) is 23.0 Å². The van der Waals surface area contributed by atoms with E-state index in [1.54, 1.807) is 13.4 Å². The smallest absolute Gasteiger partial charge is 0.142 e. The van der Waals surface area contributed by atoms with Crippen LogP contribution < -0.4 is 4.74 Å². The maximum Gasteiger partial charge on any atom is 0.142 e. The maximum atomic E-state index is 5.99. The van der Waals surface area contributed by atoms with Crippen molar-refractivity contribution in [1.29, 1.82) is 0 Å². The zero-order chi connectivity index (χ0) is 9.42. The van der Waals surface area contributed by atoms with Crippen molar-refractivity contribution in [2.24, 2.45) is 0 Å². The minimum atomic E-state index is 0.608. The van der Waals surface area contributed by atoms with E-state index in [-0.39, 0.29) is 0 Å². The lowest BCUT2D eigenvalue weighted by atomic mass is 10.2. The van der Waals surface area contributed by atoms with E-state index in [9.17, 15) is 0 Å². The number of aromatic amines is 1. The van der Waals surface area contributed by atoms with Gasteiger partial charge in [-0.1, -0.05) is 11.6 Å². The number of hydrogen-bond donors (Lipinski definition) is 1. The molecule has 0 aliphatic rings. The van der Waals surface area contributed by atoms with Gasteiger partial charge in [0.2, 0.25) is 0 Å². The first-order valence-electron chi connectivity index (χ1n) is 3.90. The second-order valence-electron chi connectivity index (χ2n) is 2.82. The van der Waals surface area contributed by atoms with E-state index in [1.165, 1.54) is 0 Å². The number of methoxy groups -OCH3 is 1. The lowest BCUT2D eigenvalue weighted by Crippen LogP contribution is -1.89. The van der Waals surface area contributed by atoms with Gasteiger partial charge in [0.25, 0.3) is 0 Å². The zero-order valence-electron chi connectivity index (χ0n) is 7.39. The summed E-state index contributed by atoms with van der Waals surface area (Å²) in [4.78, 5) is 7.18. The summed E-state index contributed by atoms with van der Waals surface area (Å²) >= 11 is 5.99. The Morgan fingerprint density at radius 1 is 1.54 bits per heavy atom. The third-order valence-corrected chi connectivity index (χ3v) is 2.34. The largest absolute Gasteiger partial charge is 0.495 e. The number of hydrogen-bond acceptors (Lipinski definition) is 2. The number of nitrogens with zero attached hydrogens (tertiary/aromatic N) is 1. The molecule has 0 fully saturated rings. The van der Waals surface area contributed by atoms with Crippen molar-refractivity contribution in [2.45, 2.75) is 6.92 Å². The summed E-state index contributed by atoms with van der Waals surface area (Å²) in [5, 5.41) is 0.608. The number of H-pyrrole nitrogens is 1. The molecule has 0 aliphatic heterocycles. The summed E-state index contributed by atoms with van der Waals surface area (Å²) in [6.07, 6.45) is 1.65. The summed E-state index contributed by atoms with van der Waals surface area (Å²) in [6, 6.07) is 1.82. The van der Waals surface area contributed by atoms with E-state index in [1.807, 2.05) is 13.0 Å². The molecule has 2 aromatic rings. The van der Waals surface area contributed by atoms with Gasteiger partial charge < -0.3 is 9.72 Å². The van der Waals surface area contributed by atoms with E-state index < -0.39 is 0 Å². The van der Waals surface area contributed by atoms with Crippen LogP contribution >= 0.6 is 11.6 Å². The Hall–Kier alpha value is -1.22. The van der Waals surface area contributed by atoms with Crippen LogP contribution in [0.15, 0.2) is 12.4 Å². The van der Waals surface area contributed by atoms with Crippen LogP contribution in [0.2, 0.25) is 5.02 Å². The molecular formula is C9H9ClN2O. The summed E-state index contributed by atoms with van der Waals surface area (Å²) in [6.45, 7) is 1.94. The average molecular weight is 197 g/mol. The molecule has 4 heteroatoms. The molecule has 13 heavy (non-hydrogen) atoms. The molecule has 0 spiro atoms. The van der Waals surface area contributed by atoms with Crippen LogP contribution in [0, 0.1) is 6.92 Å². The molecule has 0 saturated carbocycles. The number of imidazole rings is 1. The van der Waals surface area contributed by atoms with Crippen molar-refractivity contribution >= 4 is 22.6 Å². The summed E-state index contributed by atoms with van der Waals surface area (Å²) < 4.78 is 5.17. The number of aromatic nitrogens is 2. The number of nitrogens with one attached hydrogen (secondary N) is 1. The van der Waals surface area contributed by atoms with Gasteiger partial charge in [0.05, 0.1) is 29.5 Å². The first kappa shape index (κ1) is 8.38. The van der Waals surface area contributed by atoms with Gasteiger partial charge in [-0.15, -0.1) is 0 Å². The highest BCUT2D eigenvalue weighted by Gasteiger charge is 2.10. The Kier molecular flexibility index (Phi) is 1.88. The molecule has 68 valence electrons. The number of benzene rings is 1. The van der Waals surface area contributed by atoms with Crippen LogP contribution in [0.5, 0.6) is 5.75 Å². The van der Waals surface area contributed by atoms with E-state index in [0.717, 1.165) is 16.6 Å². The number of halogens is 1. The number of rotatable bonds is 1. The Bertz CT molecular complexity index is 450. The fraction of sp³-hybridized carbons (Fsp3) is 0.222.